The maximum absolute atomic E-state index is 6.83. The minimum absolute atomic E-state index is 0.0367. The molecule has 0 atom stereocenters. The number of benzene rings is 7. The van der Waals surface area contributed by atoms with Crippen LogP contribution in [-0.2, 0) is 10.8 Å². The van der Waals surface area contributed by atoms with Gasteiger partial charge >= 0.3 is 0 Å². The van der Waals surface area contributed by atoms with Crippen molar-refractivity contribution >= 4 is 76.2 Å². The molecule has 0 radical (unpaired) electrons. The molecule has 232 valence electrons. The molecule has 7 aromatic carbocycles. The van der Waals surface area contributed by atoms with Crippen molar-refractivity contribution in [2.75, 3.05) is 0 Å². The molecule has 0 N–H and O–H groups in total. The second-order valence-corrected chi connectivity index (χ2v) is 16.0. The highest BCUT2D eigenvalue weighted by Gasteiger charge is 2.25. The van der Waals surface area contributed by atoms with Gasteiger partial charge in [-0.05, 0) is 129 Å². The zero-order chi connectivity index (χ0) is 32.7. The largest absolute Gasteiger partial charge is 0.456 e. The number of rotatable bonds is 1. The van der Waals surface area contributed by atoms with Crippen LogP contribution in [0.5, 0.6) is 0 Å². The standard InChI is InChI=1S/C45H40O2/c1-23-16-24(2)39(25(3)17-23)31-21-35-40-26(18-33-30-19-27(44(4,5)6)11-14-36(30)47-43(33)35)10-13-29-41-34-20-28(45(7,8)9)12-15-37(34)46-38(41)22-32(31)42(29)40/h10-22H,1-9H3. The van der Waals surface area contributed by atoms with Crippen LogP contribution in [0, 0.1) is 20.8 Å². The summed E-state index contributed by atoms with van der Waals surface area (Å²) in [5, 5.41) is 12.1. The lowest BCUT2D eigenvalue weighted by Gasteiger charge is -2.19. The van der Waals surface area contributed by atoms with E-state index in [0.29, 0.717) is 0 Å². The van der Waals surface area contributed by atoms with E-state index in [1.807, 2.05) is 0 Å². The molecular formula is C45H40O2. The summed E-state index contributed by atoms with van der Waals surface area (Å²) < 4.78 is 13.5. The molecule has 0 aliphatic rings. The Balaban J connectivity index is 1.51. The van der Waals surface area contributed by atoms with Crippen molar-refractivity contribution in [3.63, 3.8) is 0 Å². The van der Waals surface area contributed by atoms with Crippen molar-refractivity contribution in [2.45, 2.75) is 73.1 Å². The molecule has 0 amide bonds. The van der Waals surface area contributed by atoms with Gasteiger partial charge in [0.2, 0.25) is 0 Å². The zero-order valence-corrected chi connectivity index (χ0v) is 28.8. The first-order valence-corrected chi connectivity index (χ1v) is 16.8. The first-order chi connectivity index (χ1) is 22.3. The van der Waals surface area contributed by atoms with Crippen molar-refractivity contribution in [1.82, 2.24) is 0 Å². The molecule has 0 saturated carbocycles. The van der Waals surface area contributed by atoms with E-state index in [0.717, 1.165) is 22.3 Å². The van der Waals surface area contributed by atoms with E-state index in [4.69, 9.17) is 8.83 Å². The molecular weight excluding hydrogens is 572 g/mol. The van der Waals surface area contributed by atoms with E-state index in [1.165, 1.54) is 92.8 Å². The third-order valence-corrected chi connectivity index (χ3v) is 10.6. The minimum Gasteiger partial charge on any atom is -0.456 e. The molecule has 0 aliphatic heterocycles. The molecule has 2 aromatic heterocycles. The van der Waals surface area contributed by atoms with Crippen LogP contribution in [0.25, 0.3) is 87.3 Å². The average molecular weight is 613 g/mol. The van der Waals surface area contributed by atoms with Gasteiger partial charge in [0.25, 0.3) is 0 Å². The predicted octanol–water partition coefficient (Wildman–Crippen LogP) is 13.6. The third kappa shape index (κ3) is 3.97. The Kier molecular flexibility index (Phi) is 5.54. The molecule has 47 heavy (non-hydrogen) atoms. The highest BCUT2D eigenvalue weighted by Crippen LogP contribution is 2.49. The summed E-state index contributed by atoms with van der Waals surface area (Å²) >= 11 is 0. The maximum Gasteiger partial charge on any atom is 0.143 e. The van der Waals surface area contributed by atoms with Crippen LogP contribution in [0.4, 0.5) is 0 Å². The highest BCUT2D eigenvalue weighted by atomic mass is 16.3. The summed E-state index contributed by atoms with van der Waals surface area (Å²) in [4.78, 5) is 0. The van der Waals surface area contributed by atoms with Gasteiger partial charge in [-0.3, -0.25) is 0 Å². The van der Waals surface area contributed by atoms with Gasteiger partial charge in [0.05, 0.1) is 0 Å². The quantitative estimate of drug-likeness (QED) is 0.172. The van der Waals surface area contributed by atoms with Gasteiger partial charge in [0.1, 0.15) is 22.3 Å². The summed E-state index contributed by atoms with van der Waals surface area (Å²) in [6, 6.07) is 29.7. The second-order valence-electron chi connectivity index (χ2n) is 16.0. The van der Waals surface area contributed by atoms with Gasteiger partial charge in [0.15, 0.2) is 0 Å². The Morgan fingerprint density at radius 1 is 0.447 bits per heavy atom. The summed E-state index contributed by atoms with van der Waals surface area (Å²) in [7, 11) is 0. The molecule has 2 heterocycles. The molecule has 0 aliphatic carbocycles. The van der Waals surface area contributed by atoms with Gasteiger partial charge in [-0.2, -0.15) is 0 Å². The van der Waals surface area contributed by atoms with Crippen LogP contribution in [0.1, 0.15) is 69.4 Å². The molecule has 9 rings (SSSR count). The molecule has 0 fully saturated rings. The molecule has 0 unspecified atom stereocenters. The van der Waals surface area contributed by atoms with E-state index >= 15 is 0 Å². The average Bonchev–Trinajstić information content (AvgIpc) is 3.55. The Morgan fingerprint density at radius 3 is 1.74 bits per heavy atom. The molecule has 2 heteroatoms. The molecule has 0 spiro atoms. The predicted molar refractivity (Wildman–Crippen MR) is 202 cm³/mol. The van der Waals surface area contributed by atoms with Crippen LogP contribution in [-0.4, -0.2) is 0 Å². The molecule has 0 bridgehead atoms. The van der Waals surface area contributed by atoms with Crippen molar-refractivity contribution < 1.29 is 8.83 Å². The number of aryl methyl sites for hydroxylation is 3. The normalized spacial score (nSPS) is 13.2. The van der Waals surface area contributed by atoms with Gasteiger partial charge in [-0.15, -0.1) is 0 Å². The second kappa shape index (κ2) is 9.16. The fourth-order valence-corrected chi connectivity index (χ4v) is 8.26. The summed E-state index contributed by atoms with van der Waals surface area (Å²) in [6.07, 6.45) is 0. The number of fused-ring (bicyclic) bond motifs is 8. The monoisotopic (exact) mass is 612 g/mol. The van der Waals surface area contributed by atoms with Gasteiger partial charge in [-0.25, -0.2) is 0 Å². The number of furan rings is 2. The Hall–Kier alpha value is -4.82. The summed E-state index contributed by atoms with van der Waals surface area (Å²) in [5.74, 6) is 0. The SMILES string of the molecule is Cc1cc(C)c(-c2cc3c4oc5ccc(C(C)(C)C)cc5c4cc4ccc5c6c(cc2c5c43)oc2ccc(C(C)(C)C)cc26)c(C)c1. The number of hydrogen-bond acceptors (Lipinski definition) is 2. The van der Waals surface area contributed by atoms with Crippen molar-refractivity contribution in [2.24, 2.45) is 0 Å². The van der Waals surface area contributed by atoms with Gasteiger partial charge in [0, 0.05) is 32.3 Å². The maximum atomic E-state index is 6.83. The van der Waals surface area contributed by atoms with Crippen molar-refractivity contribution in [3.8, 4) is 11.1 Å². The van der Waals surface area contributed by atoms with Crippen LogP contribution in [0.15, 0.2) is 87.7 Å². The van der Waals surface area contributed by atoms with Crippen molar-refractivity contribution in [1.29, 1.82) is 0 Å². The summed E-state index contributed by atoms with van der Waals surface area (Å²) in [6.45, 7) is 20.3. The van der Waals surface area contributed by atoms with E-state index in [-0.39, 0.29) is 10.8 Å². The summed E-state index contributed by atoms with van der Waals surface area (Å²) in [5.41, 5.74) is 12.8. The first kappa shape index (κ1) is 28.4. The van der Waals surface area contributed by atoms with E-state index < -0.39 is 0 Å². The Morgan fingerprint density at radius 2 is 1.09 bits per heavy atom. The highest BCUT2D eigenvalue weighted by molar-refractivity contribution is 6.37. The number of hydrogen-bond donors (Lipinski definition) is 0. The lowest BCUT2D eigenvalue weighted by molar-refractivity contribution is 0.590. The Labute approximate surface area is 275 Å². The fraction of sp³-hybridized carbons (Fsp3) is 0.244. The third-order valence-electron chi connectivity index (χ3n) is 10.6. The fourth-order valence-electron chi connectivity index (χ4n) is 8.26. The molecule has 2 nitrogen and oxygen atoms in total. The smallest absolute Gasteiger partial charge is 0.143 e. The van der Waals surface area contributed by atoms with Crippen LogP contribution in [0.2, 0.25) is 0 Å². The molecule has 0 saturated heterocycles. The van der Waals surface area contributed by atoms with E-state index in [9.17, 15) is 0 Å². The van der Waals surface area contributed by atoms with Gasteiger partial charge in [-0.1, -0.05) is 83.5 Å². The van der Waals surface area contributed by atoms with E-state index in [2.05, 4.69) is 141 Å². The lowest BCUT2D eigenvalue weighted by Crippen LogP contribution is -2.10. The van der Waals surface area contributed by atoms with Crippen LogP contribution >= 0.6 is 0 Å². The Bertz CT molecular complexity index is 2740. The minimum atomic E-state index is 0.0367. The topological polar surface area (TPSA) is 26.3 Å². The zero-order valence-electron chi connectivity index (χ0n) is 28.8. The molecule has 9 aromatic rings. The van der Waals surface area contributed by atoms with Crippen LogP contribution < -0.4 is 0 Å². The first-order valence-electron chi connectivity index (χ1n) is 16.8. The van der Waals surface area contributed by atoms with Crippen LogP contribution in [0.3, 0.4) is 0 Å². The lowest BCUT2D eigenvalue weighted by atomic mass is 9.83. The van der Waals surface area contributed by atoms with Gasteiger partial charge < -0.3 is 8.83 Å². The van der Waals surface area contributed by atoms with E-state index in [1.54, 1.807) is 0 Å². The van der Waals surface area contributed by atoms with Crippen molar-refractivity contribution in [3.05, 3.63) is 107 Å².